The van der Waals surface area contributed by atoms with Gasteiger partial charge in [0.25, 0.3) is 5.91 Å². The molecule has 3 aromatic rings. The summed E-state index contributed by atoms with van der Waals surface area (Å²) in [6.45, 7) is 17.1. The fraction of sp³-hybridized carbons (Fsp3) is 0.357. The zero-order valence-corrected chi connectivity index (χ0v) is 25.2. The molecule has 1 aromatic heterocycles. The van der Waals surface area contributed by atoms with Crippen LogP contribution in [-0.2, 0) is 10.0 Å². The van der Waals surface area contributed by atoms with E-state index in [1.165, 1.54) is 39.9 Å². The lowest BCUT2D eigenvalue weighted by Crippen LogP contribution is -2.39. The summed E-state index contributed by atoms with van der Waals surface area (Å²) in [5.41, 5.74) is 1.10. The molecule has 0 aliphatic carbocycles. The van der Waals surface area contributed by atoms with E-state index in [1.54, 1.807) is 17.0 Å². The van der Waals surface area contributed by atoms with E-state index in [0.29, 0.717) is 36.1 Å². The first-order valence-electron chi connectivity index (χ1n) is 12.7. The van der Waals surface area contributed by atoms with Crippen molar-refractivity contribution in [2.45, 2.75) is 25.7 Å². The molecule has 0 aliphatic heterocycles. The highest BCUT2D eigenvalue weighted by Crippen LogP contribution is 2.35. The van der Waals surface area contributed by atoms with Crippen molar-refractivity contribution in [2.75, 3.05) is 50.8 Å². The van der Waals surface area contributed by atoms with Crippen LogP contribution < -0.4 is 9.64 Å². The third kappa shape index (κ3) is 7.67. The highest BCUT2D eigenvalue weighted by atomic mass is 35.5. The molecule has 39 heavy (non-hydrogen) atoms. The molecule has 3 rings (SSSR count). The highest BCUT2D eigenvalue weighted by Gasteiger charge is 2.25. The van der Waals surface area contributed by atoms with Crippen molar-refractivity contribution < 1.29 is 17.9 Å². The number of carbonyl (C=O) groups excluding carboxylic acids is 1. The van der Waals surface area contributed by atoms with Gasteiger partial charge in [0, 0.05) is 31.7 Å². The standard InChI is InChI=1S/C28H36N4O4S2.ClH/c1-6-18-31(19-7-2)38(34,35)23-16-14-22(15-17-23)27(33)32(21-20-30(8-3)9-4)28-29-26-24(36-10-5)12-11-13-25(26)37-28;/h6-7,11-17H,1-2,8-10,18-21H2,3-5H3;1H. The smallest absolute Gasteiger partial charge is 0.260 e. The van der Waals surface area contributed by atoms with Crippen LogP contribution in [0.5, 0.6) is 5.75 Å². The first-order chi connectivity index (χ1) is 18.3. The molecule has 0 fully saturated rings. The molecule has 0 spiro atoms. The first-order valence-corrected chi connectivity index (χ1v) is 14.9. The number of carbonyl (C=O) groups is 1. The normalized spacial score (nSPS) is 11.4. The Balaban J connectivity index is 0.00000533. The van der Waals surface area contributed by atoms with Crippen LogP contribution >= 0.6 is 23.7 Å². The number of fused-ring (bicyclic) bond motifs is 1. The average molecular weight is 593 g/mol. The van der Waals surface area contributed by atoms with E-state index < -0.39 is 10.0 Å². The van der Waals surface area contributed by atoms with Gasteiger partial charge in [-0.2, -0.15) is 4.31 Å². The molecule has 8 nitrogen and oxygen atoms in total. The number of rotatable bonds is 15. The summed E-state index contributed by atoms with van der Waals surface area (Å²) in [6.07, 6.45) is 3.06. The Bertz CT molecular complexity index is 1350. The van der Waals surface area contributed by atoms with Crippen LogP contribution in [0.2, 0.25) is 0 Å². The largest absolute Gasteiger partial charge is 0.492 e. The molecule has 0 saturated heterocycles. The minimum atomic E-state index is -3.76. The summed E-state index contributed by atoms with van der Waals surface area (Å²) in [5.74, 6) is 0.439. The van der Waals surface area contributed by atoms with E-state index >= 15 is 0 Å². The summed E-state index contributed by atoms with van der Waals surface area (Å²) in [6, 6.07) is 11.8. The molecular weight excluding hydrogens is 556 g/mol. The number of ether oxygens (including phenoxy) is 1. The minimum Gasteiger partial charge on any atom is -0.492 e. The highest BCUT2D eigenvalue weighted by molar-refractivity contribution is 7.89. The number of para-hydroxylation sites is 1. The number of benzene rings is 2. The van der Waals surface area contributed by atoms with Crippen LogP contribution in [0.1, 0.15) is 31.1 Å². The molecule has 212 valence electrons. The average Bonchev–Trinajstić information content (AvgIpc) is 3.36. The quantitative estimate of drug-likeness (QED) is 0.218. The number of hydrogen-bond acceptors (Lipinski definition) is 7. The lowest BCUT2D eigenvalue weighted by molar-refractivity contribution is 0.0983. The second-order valence-electron chi connectivity index (χ2n) is 8.44. The lowest BCUT2D eigenvalue weighted by atomic mass is 10.2. The molecule has 0 saturated carbocycles. The Morgan fingerprint density at radius 3 is 2.21 bits per heavy atom. The van der Waals surface area contributed by atoms with Crippen LogP contribution in [0.3, 0.4) is 0 Å². The van der Waals surface area contributed by atoms with Gasteiger partial charge in [0.2, 0.25) is 10.0 Å². The monoisotopic (exact) mass is 592 g/mol. The topological polar surface area (TPSA) is 83.1 Å². The fourth-order valence-electron chi connectivity index (χ4n) is 4.00. The van der Waals surface area contributed by atoms with Gasteiger partial charge in [-0.05, 0) is 56.4 Å². The fourth-order valence-corrected chi connectivity index (χ4v) is 6.39. The number of sulfonamides is 1. The second kappa shape index (κ2) is 15.1. The maximum atomic E-state index is 13.8. The van der Waals surface area contributed by atoms with Crippen molar-refractivity contribution >= 4 is 55.0 Å². The van der Waals surface area contributed by atoms with Gasteiger partial charge in [-0.3, -0.25) is 9.69 Å². The summed E-state index contributed by atoms with van der Waals surface area (Å²) >= 11 is 1.43. The van der Waals surface area contributed by atoms with Gasteiger partial charge in [-0.25, -0.2) is 13.4 Å². The predicted molar refractivity (Wildman–Crippen MR) is 163 cm³/mol. The number of anilines is 1. The van der Waals surface area contributed by atoms with Gasteiger partial charge >= 0.3 is 0 Å². The van der Waals surface area contributed by atoms with Crippen molar-refractivity contribution in [3.8, 4) is 5.75 Å². The molecule has 0 radical (unpaired) electrons. The molecular formula is C28H37ClN4O4S2. The van der Waals surface area contributed by atoms with E-state index in [2.05, 4.69) is 31.9 Å². The van der Waals surface area contributed by atoms with Crippen molar-refractivity contribution in [2.24, 2.45) is 0 Å². The molecule has 1 heterocycles. The maximum Gasteiger partial charge on any atom is 0.260 e. The van der Waals surface area contributed by atoms with Gasteiger partial charge in [0.05, 0.1) is 16.2 Å². The van der Waals surface area contributed by atoms with E-state index in [1.807, 2.05) is 25.1 Å². The number of nitrogens with zero attached hydrogens (tertiary/aromatic N) is 4. The van der Waals surface area contributed by atoms with Crippen molar-refractivity contribution in [3.63, 3.8) is 0 Å². The Hall–Kier alpha value is -2.76. The summed E-state index contributed by atoms with van der Waals surface area (Å²) in [7, 11) is -3.76. The number of halogens is 1. The van der Waals surface area contributed by atoms with Crippen molar-refractivity contribution in [3.05, 3.63) is 73.3 Å². The molecule has 0 atom stereocenters. The molecule has 0 aliphatic rings. The van der Waals surface area contributed by atoms with Gasteiger partial charge in [0.1, 0.15) is 11.3 Å². The van der Waals surface area contributed by atoms with Gasteiger partial charge < -0.3 is 9.64 Å². The summed E-state index contributed by atoms with van der Waals surface area (Å²) in [5, 5.41) is 0.573. The third-order valence-corrected chi connectivity index (χ3v) is 8.97. The molecule has 2 aromatic carbocycles. The number of likely N-dealkylation sites (N-methyl/N-ethyl adjacent to an activating group) is 1. The molecule has 0 bridgehead atoms. The number of thiazole rings is 1. The second-order valence-corrected chi connectivity index (χ2v) is 11.4. The van der Waals surface area contributed by atoms with Gasteiger partial charge in [0.15, 0.2) is 5.13 Å². The Labute approximate surface area is 242 Å². The maximum absolute atomic E-state index is 13.8. The van der Waals surface area contributed by atoms with Gasteiger partial charge in [-0.1, -0.05) is 43.4 Å². The van der Waals surface area contributed by atoms with E-state index in [9.17, 15) is 13.2 Å². The Morgan fingerprint density at radius 1 is 1.00 bits per heavy atom. The minimum absolute atomic E-state index is 0. The Morgan fingerprint density at radius 2 is 1.64 bits per heavy atom. The predicted octanol–water partition coefficient (Wildman–Crippen LogP) is 5.47. The van der Waals surface area contributed by atoms with E-state index in [4.69, 9.17) is 9.72 Å². The van der Waals surface area contributed by atoms with Crippen LogP contribution in [0.4, 0.5) is 5.13 Å². The SMILES string of the molecule is C=CCN(CC=C)S(=O)(=O)c1ccc(C(=O)N(CCN(CC)CC)c2nc3c(OCC)cccc3s2)cc1.Cl. The van der Waals surface area contributed by atoms with Crippen LogP contribution in [0.25, 0.3) is 10.2 Å². The molecule has 11 heteroatoms. The van der Waals surface area contributed by atoms with Crippen molar-refractivity contribution in [1.29, 1.82) is 0 Å². The number of amides is 1. The van der Waals surface area contributed by atoms with E-state index in [0.717, 1.165) is 23.3 Å². The molecule has 1 amide bonds. The third-order valence-electron chi connectivity index (χ3n) is 6.09. The van der Waals surface area contributed by atoms with Crippen molar-refractivity contribution in [1.82, 2.24) is 14.2 Å². The van der Waals surface area contributed by atoms with Crippen LogP contribution in [0.15, 0.2) is 72.7 Å². The van der Waals surface area contributed by atoms with Gasteiger partial charge in [-0.15, -0.1) is 25.6 Å². The van der Waals surface area contributed by atoms with E-state index in [-0.39, 0.29) is 36.3 Å². The molecule has 0 N–H and O–H groups in total. The number of hydrogen-bond donors (Lipinski definition) is 0. The van der Waals surface area contributed by atoms with Crippen LogP contribution in [-0.4, -0.2) is 74.4 Å². The van der Waals surface area contributed by atoms with Crippen LogP contribution in [0, 0.1) is 0 Å². The zero-order valence-electron chi connectivity index (χ0n) is 22.7. The molecule has 0 unspecified atom stereocenters. The number of aromatic nitrogens is 1. The summed E-state index contributed by atoms with van der Waals surface area (Å²) < 4.78 is 34.1. The zero-order chi connectivity index (χ0) is 27.7. The lowest BCUT2D eigenvalue weighted by Gasteiger charge is -2.25. The Kier molecular flexibility index (Phi) is 12.6. The first kappa shape index (κ1) is 32.5. The summed E-state index contributed by atoms with van der Waals surface area (Å²) in [4.78, 5) is 22.6.